The maximum Gasteiger partial charge on any atom is 0.316 e. The van der Waals surface area contributed by atoms with E-state index in [0.717, 1.165) is 23.5 Å². The Hall–Kier alpha value is -2.93. The van der Waals surface area contributed by atoms with Crippen LogP contribution in [0.1, 0.15) is 12.6 Å². The smallest absolute Gasteiger partial charge is 0.316 e. The normalized spacial score (nSPS) is 11.9. The summed E-state index contributed by atoms with van der Waals surface area (Å²) in [6.45, 7) is 3.33. The molecule has 130 valence electrons. The van der Waals surface area contributed by atoms with Crippen LogP contribution in [0, 0.1) is 0 Å². The highest BCUT2D eigenvalue weighted by atomic mass is 16.5. The number of nitrogens with zero attached hydrogens (tertiary/aromatic N) is 4. The highest BCUT2D eigenvalue weighted by Crippen LogP contribution is 2.18. The first-order valence-electron chi connectivity index (χ1n) is 8.01. The number of fused-ring (bicyclic) bond motifs is 1. The van der Waals surface area contributed by atoms with Gasteiger partial charge < -0.3 is 14.1 Å². The van der Waals surface area contributed by atoms with Gasteiger partial charge in [-0.25, -0.2) is 5.43 Å². The van der Waals surface area contributed by atoms with Crippen LogP contribution in [0.25, 0.3) is 11.1 Å². The lowest BCUT2D eigenvalue weighted by Gasteiger charge is -2.11. The molecule has 0 bridgehead atoms. The minimum atomic E-state index is 0.346. The van der Waals surface area contributed by atoms with Crippen molar-refractivity contribution >= 4 is 22.8 Å². The summed E-state index contributed by atoms with van der Waals surface area (Å²) in [4.78, 5) is 10.7. The summed E-state index contributed by atoms with van der Waals surface area (Å²) >= 11 is 0. The lowest BCUT2D eigenvalue weighted by molar-refractivity contribution is 0.261. The van der Waals surface area contributed by atoms with E-state index in [9.17, 15) is 0 Å². The summed E-state index contributed by atoms with van der Waals surface area (Å²) in [5, 5.41) is 4.29. The van der Waals surface area contributed by atoms with Crippen LogP contribution in [0.4, 0.5) is 6.01 Å². The Balaban J connectivity index is 1.67. The van der Waals surface area contributed by atoms with Crippen LogP contribution >= 0.6 is 0 Å². The number of oxazole rings is 1. The molecule has 7 heteroatoms. The van der Waals surface area contributed by atoms with Crippen molar-refractivity contribution < 1.29 is 9.15 Å². The fourth-order valence-electron chi connectivity index (χ4n) is 2.15. The second-order valence-electron chi connectivity index (χ2n) is 5.82. The predicted octanol–water partition coefficient (Wildman–Crippen LogP) is 3.00. The summed E-state index contributed by atoms with van der Waals surface area (Å²) in [5.41, 5.74) is 5.77. The van der Waals surface area contributed by atoms with Gasteiger partial charge in [-0.2, -0.15) is 10.1 Å². The number of likely N-dealkylation sites (N-methyl/N-ethyl adjacent to an activating group) is 1. The molecule has 0 radical (unpaired) electrons. The minimum absolute atomic E-state index is 0.346. The first-order chi connectivity index (χ1) is 12.1. The zero-order valence-corrected chi connectivity index (χ0v) is 14.6. The molecule has 1 N–H and O–H groups in total. The van der Waals surface area contributed by atoms with E-state index in [4.69, 9.17) is 9.15 Å². The zero-order valence-electron chi connectivity index (χ0n) is 14.6. The van der Waals surface area contributed by atoms with E-state index in [1.54, 1.807) is 6.20 Å². The quantitative estimate of drug-likeness (QED) is 0.527. The molecule has 0 spiro atoms. The first kappa shape index (κ1) is 16.9. The summed E-state index contributed by atoms with van der Waals surface area (Å²) in [6, 6.07) is 11.6. The Morgan fingerprint density at radius 2 is 2.12 bits per heavy atom. The Morgan fingerprint density at radius 3 is 2.92 bits per heavy atom. The molecule has 1 aromatic carbocycles. The third kappa shape index (κ3) is 4.54. The van der Waals surface area contributed by atoms with Crippen LogP contribution in [-0.4, -0.2) is 47.8 Å². The Bertz CT molecular complexity index is 840. The largest absolute Gasteiger partial charge is 0.492 e. The monoisotopic (exact) mass is 339 g/mol. The fourth-order valence-corrected chi connectivity index (χ4v) is 2.15. The van der Waals surface area contributed by atoms with Gasteiger partial charge in [-0.1, -0.05) is 12.1 Å². The maximum atomic E-state index is 5.72. The van der Waals surface area contributed by atoms with E-state index < -0.39 is 0 Å². The average molecular weight is 339 g/mol. The summed E-state index contributed by atoms with van der Waals surface area (Å²) < 4.78 is 11.3. The van der Waals surface area contributed by atoms with Gasteiger partial charge >= 0.3 is 6.01 Å². The number of anilines is 1. The van der Waals surface area contributed by atoms with Crippen LogP contribution < -0.4 is 10.2 Å². The van der Waals surface area contributed by atoms with Crippen LogP contribution in [0.5, 0.6) is 5.75 Å². The van der Waals surface area contributed by atoms with Crippen LogP contribution in [0.2, 0.25) is 0 Å². The van der Waals surface area contributed by atoms with Gasteiger partial charge in [0.1, 0.15) is 17.9 Å². The zero-order chi connectivity index (χ0) is 17.6. The standard InChI is InChI=1S/C18H21N5O2/c1-13(16-12-14(8-9-19-16)24-11-10-23(2)3)21-22-18-20-15-6-4-5-7-17(15)25-18/h4-9,12H,10-11H2,1-3H3,(H,20,22)/b21-13+. The molecule has 0 saturated carbocycles. The molecule has 0 atom stereocenters. The first-order valence-corrected chi connectivity index (χ1v) is 8.01. The van der Waals surface area contributed by atoms with Crippen LogP contribution in [-0.2, 0) is 0 Å². The van der Waals surface area contributed by atoms with E-state index in [0.29, 0.717) is 23.9 Å². The number of hydrogen-bond acceptors (Lipinski definition) is 7. The highest BCUT2D eigenvalue weighted by molar-refractivity contribution is 5.97. The fraction of sp³-hybridized carbons (Fsp3) is 0.278. The van der Waals surface area contributed by atoms with Crippen molar-refractivity contribution in [1.82, 2.24) is 14.9 Å². The van der Waals surface area contributed by atoms with Crippen molar-refractivity contribution in [2.24, 2.45) is 5.10 Å². The average Bonchev–Trinajstić information content (AvgIpc) is 3.02. The molecule has 3 rings (SSSR count). The molecule has 2 heterocycles. The molecule has 2 aromatic heterocycles. The van der Waals surface area contributed by atoms with E-state index >= 15 is 0 Å². The Morgan fingerprint density at radius 1 is 1.28 bits per heavy atom. The van der Waals surface area contributed by atoms with Crippen molar-refractivity contribution in [2.75, 3.05) is 32.7 Å². The second kappa shape index (κ2) is 7.76. The van der Waals surface area contributed by atoms with Gasteiger partial charge in [0, 0.05) is 18.8 Å². The molecular formula is C18H21N5O2. The van der Waals surface area contributed by atoms with E-state index in [1.165, 1.54) is 0 Å². The lowest BCUT2D eigenvalue weighted by atomic mass is 10.2. The molecule has 25 heavy (non-hydrogen) atoms. The van der Waals surface area contributed by atoms with Gasteiger partial charge in [0.2, 0.25) is 0 Å². The molecule has 0 saturated heterocycles. The van der Waals surface area contributed by atoms with Gasteiger partial charge in [0.25, 0.3) is 0 Å². The SMILES string of the molecule is C/C(=N\Nc1nc2ccccc2o1)c1cc(OCCN(C)C)ccn1. The van der Waals surface area contributed by atoms with Crippen molar-refractivity contribution in [2.45, 2.75) is 6.92 Å². The van der Waals surface area contributed by atoms with Crippen molar-refractivity contribution in [3.63, 3.8) is 0 Å². The number of para-hydroxylation sites is 2. The summed E-state index contributed by atoms with van der Waals surface area (Å²) in [5.74, 6) is 0.767. The molecule has 0 amide bonds. The highest BCUT2D eigenvalue weighted by Gasteiger charge is 2.06. The number of aromatic nitrogens is 2. The summed E-state index contributed by atoms with van der Waals surface area (Å²) in [7, 11) is 4.02. The number of nitrogens with one attached hydrogen (secondary N) is 1. The van der Waals surface area contributed by atoms with Crippen LogP contribution in [0.3, 0.4) is 0 Å². The molecule has 0 unspecified atom stereocenters. The Labute approximate surface area is 146 Å². The number of ether oxygens (including phenoxy) is 1. The van der Waals surface area contributed by atoms with Gasteiger partial charge in [-0.05, 0) is 39.2 Å². The molecule has 0 aliphatic rings. The summed E-state index contributed by atoms with van der Waals surface area (Å²) in [6.07, 6.45) is 1.71. The third-order valence-corrected chi connectivity index (χ3v) is 3.52. The van der Waals surface area contributed by atoms with Crippen molar-refractivity contribution in [1.29, 1.82) is 0 Å². The van der Waals surface area contributed by atoms with E-state index in [-0.39, 0.29) is 0 Å². The number of rotatable bonds is 7. The van der Waals surface area contributed by atoms with Crippen molar-refractivity contribution in [3.05, 3.63) is 48.3 Å². The molecular weight excluding hydrogens is 318 g/mol. The minimum Gasteiger partial charge on any atom is -0.492 e. The molecule has 0 fully saturated rings. The van der Waals surface area contributed by atoms with Crippen LogP contribution in [0.15, 0.2) is 52.1 Å². The molecule has 7 nitrogen and oxygen atoms in total. The Kier molecular flexibility index (Phi) is 5.25. The van der Waals surface area contributed by atoms with Gasteiger partial charge in [0.15, 0.2) is 5.58 Å². The maximum absolute atomic E-state index is 5.72. The van der Waals surface area contributed by atoms with Gasteiger partial charge in [-0.3, -0.25) is 4.98 Å². The lowest BCUT2D eigenvalue weighted by Crippen LogP contribution is -2.19. The molecule has 3 aromatic rings. The second-order valence-corrected chi connectivity index (χ2v) is 5.82. The number of benzene rings is 1. The molecule has 0 aliphatic heterocycles. The van der Waals surface area contributed by atoms with E-state index in [2.05, 4.69) is 25.4 Å². The number of pyridine rings is 1. The predicted molar refractivity (Wildman–Crippen MR) is 98.1 cm³/mol. The molecule has 0 aliphatic carbocycles. The van der Waals surface area contributed by atoms with E-state index in [1.807, 2.05) is 57.4 Å². The number of hydrazone groups is 1. The van der Waals surface area contributed by atoms with Gasteiger partial charge in [0.05, 0.1) is 11.4 Å². The van der Waals surface area contributed by atoms with Gasteiger partial charge in [-0.15, -0.1) is 0 Å². The van der Waals surface area contributed by atoms with Crippen molar-refractivity contribution in [3.8, 4) is 5.75 Å². The number of hydrogen-bond donors (Lipinski definition) is 1. The topological polar surface area (TPSA) is 75.8 Å². The third-order valence-electron chi connectivity index (χ3n) is 3.52.